The molecule has 2 heterocycles. The molecule has 1 N–H and O–H groups in total. The van der Waals surface area contributed by atoms with Crippen LogP contribution in [0.15, 0.2) is 42.7 Å². The van der Waals surface area contributed by atoms with E-state index in [2.05, 4.69) is 27.3 Å². The van der Waals surface area contributed by atoms with Crippen LogP contribution in [0.25, 0.3) is 5.65 Å². The van der Waals surface area contributed by atoms with Gasteiger partial charge in [-0.1, -0.05) is 30.3 Å². The average Bonchev–Trinajstić information content (AvgIpc) is 2.90. The molecular formula is C15H17N5O. The molecular weight excluding hydrogens is 266 g/mol. The van der Waals surface area contributed by atoms with Crippen LogP contribution in [0.3, 0.4) is 0 Å². The van der Waals surface area contributed by atoms with E-state index in [1.54, 1.807) is 6.20 Å². The van der Waals surface area contributed by atoms with Crippen LogP contribution in [0.2, 0.25) is 0 Å². The van der Waals surface area contributed by atoms with Crippen LogP contribution in [-0.4, -0.2) is 37.8 Å². The number of aromatic nitrogens is 4. The van der Waals surface area contributed by atoms with Crippen LogP contribution in [0.4, 0.5) is 5.82 Å². The van der Waals surface area contributed by atoms with Crippen molar-refractivity contribution in [2.75, 3.05) is 18.1 Å². The van der Waals surface area contributed by atoms with E-state index < -0.39 is 0 Å². The third kappa shape index (κ3) is 2.71. The van der Waals surface area contributed by atoms with Gasteiger partial charge in [0.25, 0.3) is 0 Å². The number of anilines is 1. The second-order valence-electron chi connectivity index (χ2n) is 4.82. The summed E-state index contributed by atoms with van der Waals surface area (Å²) in [5.41, 5.74) is 1.87. The number of aliphatic hydroxyl groups is 1. The van der Waals surface area contributed by atoms with Gasteiger partial charge >= 0.3 is 0 Å². The van der Waals surface area contributed by atoms with Gasteiger partial charge in [0.15, 0.2) is 5.82 Å². The van der Waals surface area contributed by atoms with Gasteiger partial charge in [0.2, 0.25) is 5.65 Å². The minimum Gasteiger partial charge on any atom is -0.395 e. The average molecular weight is 283 g/mol. The molecule has 0 aliphatic heterocycles. The van der Waals surface area contributed by atoms with E-state index in [1.807, 2.05) is 40.6 Å². The molecule has 0 aliphatic carbocycles. The highest BCUT2D eigenvalue weighted by Crippen LogP contribution is 2.19. The van der Waals surface area contributed by atoms with Crippen molar-refractivity contribution < 1.29 is 5.11 Å². The highest BCUT2D eigenvalue weighted by atomic mass is 16.3. The molecule has 2 aromatic heterocycles. The van der Waals surface area contributed by atoms with Crippen LogP contribution in [0, 0.1) is 6.92 Å². The van der Waals surface area contributed by atoms with Gasteiger partial charge < -0.3 is 10.0 Å². The number of fused-ring (bicyclic) bond motifs is 1. The van der Waals surface area contributed by atoms with Gasteiger partial charge in [0.1, 0.15) is 5.82 Å². The topological polar surface area (TPSA) is 66.5 Å². The van der Waals surface area contributed by atoms with E-state index in [1.165, 1.54) is 0 Å². The van der Waals surface area contributed by atoms with Crippen molar-refractivity contribution in [1.82, 2.24) is 19.6 Å². The van der Waals surface area contributed by atoms with Crippen LogP contribution in [-0.2, 0) is 6.54 Å². The Bertz CT molecular complexity index is 725. The predicted molar refractivity (Wildman–Crippen MR) is 80.1 cm³/mol. The minimum absolute atomic E-state index is 0.0582. The van der Waals surface area contributed by atoms with Gasteiger partial charge in [-0.15, -0.1) is 10.2 Å². The van der Waals surface area contributed by atoms with Crippen molar-refractivity contribution in [3.05, 3.63) is 54.1 Å². The fraction of sp³-hybridized carbons (Fsp3) is 0.267. The van der Waals surface area contributed by atoms with E-state index in [9.17, 15) is 5.11 Å². The minimum atomic E-state index is 0.0582. The fourth-order valence-electron chi connectivity index (χ4n) is 2.34. The molecule has 0 aliphatic rings. The molecule has 0 saturated heterocycles. The Hall–Kier alpha value is -2.47. The molecule has 0 radical (unpaired) electrons. The van der Waals surface area contributed by atoms with Crippen molar-refractivity contribution >= 4 is 11.5 Å². The fourth-order valence-corrected chi connectivity index (χ4v) is 2.34. The van der Waals surface area contributed by atoms with Gasteiger partial charge in [-0.05, 0) is 12.5 Å². The number of hydrogen-bond acceptors (Lipinski definition) is 5. The van der Waals surface area contributed by atoms with Crippen molar-refractivity contribution in [2.45, 2.75) is 13.5 Å². The van der Waals surface area contributed by atoms with Crippen molar-refractivity contribution in [3.8, 4) is 0 Å². The number of aliphatic hydroxyl groups excluding tert-OH is 1. The van der Waals surface area contributed by atoms with E-state index in [0.29, 0.717) is 18.7 Å². The highest BCUT2D eigenvalue weighted by molar-refractivity contribution is 5.63. The second-order valence-corrected chi connectivity index (χ2v) is 4.82. The molecule has 0 saturated carbocycles. The Balaban J connectivity index is 1.99. The maximum atomic E-state index is 9.34. The van der Waals surface area contributed by atoms with Gasteiger partial charge in [-0.25, -0.2) is 4.98 Å². The van der Waals surface area contributed by atoms with Crippen LogP contribution < -0.4 is 4.90 Å². The Morgan fingerprint density at radius 1 is 1.19 bits per heavy atom. The lowest BCUT2D eigenvalue weighted by Crippen LogP contribution is -2.27. The standard InChI is InChI=1S/C15H17N5O/c1-12-17-18-15-14(16-7-8-20(12)15)19(9-10-21)11-13-5-3-2-4-6-13/h2-8,21H,9-11H2,1H3. The molecule has 108 valence electrons. The Kier molecular flexibility index (Phi) is 3.79. The van der Waals surface area contributed by atoms with Gasteiger partial charge in [-0.2, -0.15) is 0 Å². The molecule has 3 aromatic rings. The lowest BCUT2D eigenvalue weighted by Gasteiger charge is -2.23. The van der Waals surface area contributed by atoms with Gasteiger partial charge in [0, 0.05) is 25.5 Å². The largest absolute Gasteiger partial charge is 0.395 e. The smallest absolute Gasteiger partial charge is 0.203 e. The lowest BCUT2D eigenvalue weighted by molar-refractivity contribution is 0.301. The normalized spacial score (nSPS) is 11.0. The molecule has 0 spiro atoms. The molecule has 1 aromatic carbocycles. The molecule has 3 rings (SSSR count). The molecule has 6 heteroatoms. The third-order valence-electron chi connectivity index (χ3n) is 3.36. The third-order valence-corrected chi connectivity index (χ3v) is 3.36. The molecule has 21 heavy (non-hydrogen) atoms. The van der Waals surface area contributed by atoms with Crippen molar-refractivity contribution in [1.29, 1.82) is 0 Å². The van der Waals surface area contributed by atoms with Gasteiger partial charge in [-0.3, -0.25) is 4.40 Å². The van der Waals surface area contributed by atoms with Gasteiger partial charge in [0.05, 0.1) is 6.61 Å². The van der Waals surface area contributed by atoms with Crippen LogP contribution in [0.5, 0.6) is 0 Å². The number of rotatable bonds is 5. The van der Waals surface area contributed by atoms with Crippen molar-refractivity contribution in [3.63, 3.8) is 0 Å². The first-order chi connectivity index (χ1) is 10.3. The Morgan fingerprint density at radius 3 is 2.76 bits per heavy atom. The molecule has 0 unspecified atom stereocenters. The summed E-state index contributed by atoms with van der Waals surface area (Å²) < 4.78 is 1.90. The molecule has 0 bridgehead atoms. The SMILES string of the molecule is Cc1nnc2c(N(CCO)Cc3ccccc3)nccn12. The van der Waals surface area contributed by atoms with E-state index >= 15 is 0 Å². The lowest BCUT2D eigenvalue weighted by atomic mass is 10.2. The Morgan fingerprint density at radius 2 is 2.00 bits per heavy atom. The zero-order valence-electron chi connectivity index (χ0n) is 11.8. The first-order valence-corrected chi connectivity index (χ1v) is 6.85. The summed E-state index contributed by atoms with van der Waals surface area (Å²) in [4.78, 5) is 6.44. The number of nitrogens with zero attached hydrogens (tertiary/aromatic N) is 5. The number of hydrogen-bond donors (Lipinski definition) is 1. The summed E-state index contributed by atoms with van der Waals surface area (Å²) in [5.74, 6) is 1.55. The van der Waals surface area contributed by atoms with E-state index in [-0.39, 0.29) is 6.61 Å². The first-order valence-electron chi connectivity index (χ1n) is 6.85. The summed E-state index contributed by atoms with van der Waals surface area (Å²) in [6.45, 7) is 3.12. The number of aryl methyl sites for hydroxylation is 1. The van der Waals surface area contributed by atoms with E-state index in [0.717, 1.165) is 17.2 Å². The Labute approximate surface area is 122 Å². The maximum absolute atomic E-state index is 9.34. The summed E-state index contributed by atoms with van der Waals surface area (Å²) in [6, 6.07) is 10.1. The zero-order valence-corrected chi connectivity index (χ0v) is 11.8. The highest BCUT2D eigenvalue weighted by Gasteiger charge is 2.15. The molecule has 0 amide bonds. The monoisotopic (exact) mass is 283 g/mol. The molecule has 0 atom stereocenters. The van der Waals surface area contributed by atoms with Crippen LogP contribution in [0.1, 0.15) is 11.4 Å². The summed E-state index contributed by atoms with van der Waals surface area (Å²) in [5, 5.41) is 17.6. The second kappa shape index (κ2) is 5.88. The number of benzene rings is 1. The summed E-state index contributed by atoms with van der Waals surface area (Å²) >= 11 is 0. The predicted octanol–water partition coefficient (Wildman–Crippen LogP) is 1.43. The summed E-state index contributed by atoms with van der Waals surface area (Å²) in [7, 11) is 0. The first kappa shape index (κ1) is 13.5. The summed E-state index contributed by atoms with van der Waals surface area (Å²) in [6.07, 6.45) is 3.57. The quantitative estimate of drug-likeness (QED) is 0.767. The van der Waals surface area contributed by atoms with Crippen molar-refractivity contribution in [2.24, 2.45) is 0 Å². The molecule has 0 fully saturated rings. The maximum Gasteiger partial charge on any atom is 0.203 e. The zero-order chi connectivity index (χ0) is 14.7. The molecule has 6 nitrogen and oxygen atoms in total. The van der Waals surface area contributed by atoms with Crippen LogP contribution >= 0.6 is 0 Å². The van der Waals surface area contributed by atoms with E-state index in [4.69, 9.17) is 0 Å².